The van der Waals surface area contributed by atoms with Crippen molar-refractivity contribution in [3.05, 3.63) is 53.1 Å². The standard InChI is InChI=1S/C25H30N2O3/c1-23(2,3)13-28-16-7-9-21-18(11-16)25(14-29-22(26)27-25)17-10-15(6-8-20(17)30-21)19-12-24(19,4)5/h6-11,19H,12-14H2,1-5H3,(H2,26,27)/t19?,25-/m0/s1. The highest BCUT2D eigenvalue weighted by atomic mass is 16.5. The monoisotopic (exact) mass is 406 g/mol. The molecule has 1 unspecified atom stereocenters. The lowest BCUT2D eigenvalue weighted by Crippen LogP contribution is -2.31. The SMILES string of the molecule is CC(C)(C)COc1ccc2c(c1)[C@]1(COC(N)=N1)c1cc(C3CC3(C)C)ccc1O2. The van der Waals surface area contributed by atoms with Gasteiger partial charge in [-0.3, -0.25) is 0 Å². The summed E-state index contributed by atoms with van der Waals surface area (Å²) in [6.45, 7) is 12.1. The van der Waals surface area contributed by atoms with Gasteiger partial charge in [-0.1, -0.05) is 40.7 Å². The fourth-order valence-corrected chi connectivity index (χ4v) is 4.49. The predicted molar refractivity (Wildman–Crippen MR) is 117 cm³/mol. The molecule has 2 aromatic carbocycles. The van der Waals surface area contributed by atoms with Gasteiger partial charge in [-0.2, -0.15) is 0 Å². The van der Waals surface area contributed by atoms with E-state index in [9.17, 15) is 0 Å². The van der Waals surface area contributed by atoms with Crippen molar-refractivity contribution in [2.24, 2.45) is 21.6 Å². The molecule has 5 heteroatoms. The van der Waals surface area contributed by atoms with Crippen molar-refractivity contribution in [1.82, 2.24) is 0 Å². The summed E-state index contributed by atoms with van der Waals surface area (Å²) in [6, 6.07) is 12.6. The van der Waals surface area contributed by atoms with Crippen molar-refractivity contribution in [2.75, 3.05) is 13.2 Å². The van der Waals surface area contributed by atoms with Gasteiger partial charge in [-0.05, 0) is 59.1 Å². The van der Waals surface area contributed by atoms with Gasteiger partial charge in [0.15, 0.2) is 5.54 Å². The van der Waals surface area contributed by atoms with Crippen LogP contribution in [0.1, 0.15) is 63.6 Å². The Bertz CT molecular complexity index is 1050. The van der Waals surface area contributed by atoms with E-state index in [4.69, 9.17) is 24.9 Å². The van der Waals surface area contributed by atoms with Gasteiger partial charge in [0.05, 0.1) is 6.61 Å². The quantitative estimate of drug-likeness (QED) is 0.749. The number of ether oxygens (including phenoxy) is 3. The Labute approximate surface area is 178 Å². The average Bonchev–Trinajstić information content (AvgIpc) is 3.14. The first-order valence-corrected chi connectivity index (χ1v) is 10.7. The van der Waals surface area contributed by atoms with Gasteiger partial charge in [-0.15, -0.1) is 0 Å². The maximum Gasteiger partial charge on any atom is 0.283 e. The van der Waals surface area contributed by atoms with Crippen LogP contribution >= 0.6 is 0 Å². The van der Waals surface area contributed by atoms with E-state index >= 15 is 0 Å². The van der Waals surface area contributed by atoms with E-state index in [0.717, 1.165) is 28.4 Å². The molecule has 0 saturated heterocycles. The molecule has 2 N–H and O–H groups in total. The zero-order chi connectivity index (χ0) is 21.3. The molecule has 0 bridgehead atoms. The van der Waals surface area contributed by atoms with E-state index in [1.54, 1.807) is 0 Å². The molecule has 158 valence electrons. The lowest BCUT2D eigenvalue weighted by molar-refractivity contribution is 0.197. The highest BCUT2D eigenvalue weighted by molar-refractivity contribution is 5.77. The highest BCUT2D eigenvalue weighted by Gasteiger charge is 2.50. The second kappa shape index (κ2) is 6.16. The zero-order valence-corrected chi connectivity index (χ0v) is 18.4. The molecule has 3 aliphatic rings. The summed E-state index contributed by atoms with van der Waals surface area (Å²) >= 11 is 0. The topological polar surface area (TPSA) is 66.1 Å². The molecule has 1 saturated carbocycles. The van der Waals surface area contributed by atoms with E-state index in [0.29, 0.717) is 24.5 Å². The van der Waals surface area contributed by atoms with E-state index in [1.165, 1.54) is 12.0 Å². The summed E-state index contributed by atoms with van der Waals surface area (Å²) in [7, 11) is 0. The van der Waals surface area contributed by atoms with Gasteiger partial charge >= 0.3 is 0 Å². The van der Waals surface area contributed by atoms with E-state index in [2.05, 4.69) is 52.8 Å². The number of nitrogens with zero attached hydrogens (tertiary/aromatic N) is 1. The summed E-state index contributed by atoms with van der Waals surface area (Å²) in [5.74, 6) is 2.95. The molecule has 5 nitrogen and oxygen atoms in total. The second-order valence-electron chi connectivity index (χ2n) is 10.7. The number of aliphatic imine (C=N–C) groups is 1. The van der Waals surface area contributed by atoms with Crippen molar-refractivity contribution in [3.8, 4) is 17.2 Å². The van der Waals surface area contributed by atoms with Crippen molar-refractivity contribution < 1.29 is 14.2 Å². The van der Waals surface area contributed by atoms with Crippen LogP contribution < -0.4 is 15.2 Å². The molecule has 2 heterocycles. The van der Waals surface area contributed by atoms with Crippen LogP contribution in [0.2, 0.25) is 0 Å². The smallest absolute Gasteiger partial charge is 0.283 e. The van der Waals surface area contributed by atoms with Gasteiger partial charge < -0.3 is 19.9 Å². The average molecular weight is 407 g/mol. The number of fused-ring (bicyclic) bond motifs is 4. The normalized spacial score (nSPS) is 25.6. The van der Waals surface area contributed by atoms with Crippen molar-refractivity contribution in [3.63, 3.8) is 0 Å². The Morgan fingerprint density at radius 1 is 1.10 bits per heavy atom. The van der Waals surface area contributed by atoms with Crippen molar-refractivity contribution in [1.29, 1.82) is 0 Å². The number of hydrogen-bond donors (Lipinski definition) is 1. The van der Waals surface area contributed by atoms with Gasteiger partial charge in [-0.25, -0.2) is 4.99 Å². The first-order valence-electron chi connectivity index (χ1n) is 10.7. The van der Waals surface area contributed by atoms with Crippen LogP contribution in [0, 0.1) is 10.8 Å². The second-order valence-corrected chi connectivity index (χ2v) is 10.7. The van der Waals surface area contributed by atoms with Gasteiger partial charge in [0.1, 0.15) is 23.9 Å². The van der Waals surface area contributed by atoms with E-state index in [1.807, 2.05) is 18.2 Å². The molecule has 0 aromatic heterocycles. The molecule has 5 rings (SSSR count). The molecule has 1 fully saturated rings. The molecule has 1 spiro atoms. The fourth-order valence-electron chi connectivity index (χ4n) is 4.49. The maximum absolute atomic E-state index is 6.29. The van der Waals surface area contributed by atoms with Crippen LogP contribution in [0.5, 0.6) is 17.2 Å². The highest BCUT2D eigenvalue weighted by Crippen LogP contribution is 2.60. The summed E-state index contributed by atoms with van der Waals surface area (Å²) in [4.78, 5) is 4.81. The van der Waals surface area contributed by atoms with Crippen LogP contribution in [-0.4, -0.2) is 19.2 Å². The molecule has 2 aromatic rings. The Morgan fingerprint density at radius 2 is 1.77 bits per heavy atom. The van der Waals surface area contributed by atoms with Crippen molar-refractivity contribution >= 4 is 6.02 Å². The number of benzene rings is 2. The van der Waals surface area contributed by atoms with E-state index < -0.39 is 5.54 Å². The van der Waals surface area contributed by atoms with Crippen LogP contribution in [0.4, 0.5) is 0 Å². The Morgan fingerprint density at radius 3 is 2.37 bits per heavy atom. The van der Waals surface area contributed by atoms with E-state index in [-0.39, 0.29) is 11.4 Å². The summed E-state index contributed by atoms with van der Waals surface area (Å²) in [6.07, 6.45) is 1.20. The van der Waals surface area contributed by atoms with Crippen LogP contribution in [0.15, 0.2) is 41.4 Å². The third-order valence-electron chi connectivity index (χ3n) is 6.38. The van der Waals surface area contributed by atoms with Crippen LogP contribution in [0.3, 0.4) is 0 Å². The molecule has 0 amide bonds. The van der Waals surface area contributed by atoms with Gasteiger partial charge in [0.2, 0.25) is 0 Å². The lowest BCUT2D eigenvalue weighted by Gasteiger charge is -2.34. The molecule has 2 atom stereocenters. The summed E-state index contributed by atoms with van der Waals surface area (Å²) in [5, 5.41) is 0. The van der Waals surface area contributed by atoms with Crippen LogP contribution in [0.25, 0.3) is 0 Å². The first-order chi connectivity index (χ1) is 14.1. The largest absolute Gasteiger partial charge is 0.493 e. The molecule has 30 heavy (non-hydrogen) atoms. The molecule has 1 aliphatic carbocycles. The number of hydrogen-bond acceptors (Lipinski definition) is 5. The minimum atomic E-state index is -0.705. The lowest BCUT2D eigenvalue weighted by atomic mass is 9.80. The number of rotatable bonds is 3. The zero-order valence-electron chi connectivity index (χ0n) is 18.4. The van der Waals surface area contributed by atoms with Gasteiger partial charge in [0.25, 0.3) is 6.02 Å². The summed E-state index contributed by atoms with van der Waals surface area (Å²) < 4.78 is 18.1. The minimum Gasteiger partial charge on any atom is -0.493 e. The van der Waals surface area contributed by atoms with Crippen molar-refractivity contribution in [2.45, 2.75) is 52.5 Å². The third-order valence-corrected chi connectivity index (χ3v) is 6.38. The first kappa shape index (κ1) is 19.3. The van der Waals surface area contributed by atoms with Crippen LogP contribution in [-0.2, 0) is 10.3 Å². The number of amidine groups is 1. The Hall–Kier alpha value is -2.69. The minimum absolute atomic E-state index is 0.0711. The molecule has 2 aliphatic heterocycles. The van der Waals surface area contributed by atoms with Gasteiger partial charge in [0, 0.05) is 11.1 Å². The molecular formula is C25H30N2O3. The maximum atomic E-state index is 6.29. The third kappa shape index (κ3) is 3.11. The Balaban J connectivity index is 1.60. The predicted octanol–water partition coefficient (Wildman–Crippen LogP) is 5.32. The fraction of sp³-hybridized carbons (Fsp3) is 0.480. The summed E-state index contributed by atoms with van der Waals surface area (Å²) in [5.41, 5.74) is 9.01. The number of nitrogens with two attached hydrogens (primary N) is 1. The Kier molecular flexibility index (Phi) is 3.96. The molecular weight excluding hydrogens is 376 g/mol. The molecule has 0 radical (unpaired) electrons.